The molecule has 19 heavy (non-hydrogen) atoms. The SMILES string of the molecule is N/C(=N/O)C(NC(=O)c1ccc(Cl)cc1Br)C1CC1. The molecule has 0 radical (unpaired) electrons. The van der Waals surface area contributed by atoms with E-state index in [9.17, 15) is 4.79 Å². The van der Waals surface area contributed by atoms with E-state index >= 15 is 0 Å². The lowest BCUT2D eigenvalue weighted by atomic mass is 10.1. The zero-order valence-electron chi connectivity index (χ0n) is 9.94. The van der Waals surface area contributed by atoms with E-state index in [-0.39, 0.29) is 17.7 Å². The van der Waals surface area contributed by atoms with Crippen molar-refractivity contribution in [3.8, 4) is 0 Å². The van der Waals surface area contributed by atoms with Gasteiger partial charge in [-0.3, -0.25) is 4.79 Å². The second-order valence-electron chi connectivity index (χ2n) is 4.44. The van der Waals surface area contributed by atoms with Crippen molar-refractivity contribution in [1.29, 1.82) is 0 Å². The van der Waals surface area contributed by atoms with E-state index in [0.29, 0.717) is 15.1 Å². The van der Waals surface area contributed by atoms with Crippen molar-refractivity contribution in [3.05, 3.63) is 33.3 Å². The van der Waals surface area contributed by atoms with E-state index in [2.05, 4.69) is 26.4 Å². The van der Waals surface area contributed by atoms with Gasteiger partial charge in [-0.15, -0.1) is 0 Å². The monoisotopic (exact) mass is 345 g/mol. The molecule has 1 amide bonds. The molecule has 7 heteroatoms. The van der Waals surface area contributed by atoms with Gasteiger partial charge in [-0.05, 0) is 52.9 Å². The maximum Gasteiger partial charge on any atom is 0.253 e. The highest BCUT2D eigenvalue weighted by atomic mass is 79.9. The number of oxime groups is 1. The van der Waals surface area contributed by atoms with Crippen molar-refractivity contribution < 1.29 is 10.0 Å². The van der Waals surface area contributed by atoms with Gasteiger partial charge in [-0.25, -0.2) is 0 Å². The first-order chi connectivity index (χ1) is 9.02. The van der Waals surface area contributed by atoms with Crippen molar-refractivity contribution in [2.24, 2.45) is 16.8 Å². The molecule has 1 fully saturated rings. The Hall–Kier alpha value is -1.27. The average molecular weight is 347 g/mol. The van der Waals surface area contributed by atoms with Crippen molar-refractivity contribution in [1.82, 2.24) is 5.32 Å². The molecular formula is C12H13BrClN3O2. The van der Waals surface area contributed by atoms with Crippen LogP contribution in [0.15, 0.2) is 27.8 Å². The Morgan fingerprint density at radius 1 is 1.58 bits per heavy atom. The highest BCUT2D eigenvalue weighted by Gasteiger charge is 2.35. The smallest absolute Gasteiger partial charge is 0.253 e. The number of hydrogen-bond donors (Lipinski definition) is 3. The number of nitrogens with one attached hydrogen (secondary N) is 1. The van der Waals surface area contributed by atoms with Gasteiger partial charge in [0.1, 0.15) is 0 Å². The Balaban J connectivity index is 2.15. The number of amides is 1. The van der Waals surface area contributed by atoms with Gasteiger partial charge >= 0.3 is 0 Å². The molecule has 0 aromatic heterocycles. The number of carbonyl (C=O) groups excluding carboxylic acids is 1. The number of nitrogens with two attached hydrogens (primary N) is 1. The van der Waals surface area contributed by atoms with Crippen molar-refractivity contribution in [3.63, 3.8) is 0 Å². The largest absolute Gasteiger partial charge is 0.409 e. The minimum absolute atomic E-state index is 0.0286. The highest BCUT2D eigenvalue weighted by molar-refractivity contribution is 9.10. The third-order valence-corrected chi connectivity index (χ3v) is 3.88. The predicted octanol–water partition coefficient (Wildman–Crippen LogP) is 2.36. The van der Waals surface area contributed by atoms with Crippen molar-refractivity contribution >= 4 is 39.3 Å². The molecule has 5 nitrogen and oxygen atoms in total. The molecule has 0 bridgehead atoms. The lowest BCUT2D eigenvalue weighted by molar-refractivity contribution is 0.0942. The standard InChI is InChI=1S/C12H13BrClN3O2/c13-9-5-7(14)3-4-8(9)12(18)16-10(6-1-2-6)11(15)17-19/h3-6,10,19H,1-2H2,(H2,15,17)(H,16,18). The number of nitrogens with zero attached hydrogens (tertiary/aromatic N) is 1. The number of hydrogen-bond acceptors (Lipinski definition) is 3. The van der Waals surface area contributed by atoms with Crippen LogP contribution in [0.4, 0.5) is 0 Å². The molecule has 0 spiro atoms. The van der Waals surface area contributed by atoms with Crippen LogP contribution in [0.25, 0.3) is 0 Å². The summed E-state index contributed by atoms with van der Waals surface area (Å²) in [5, 5.41) is 15.0. The van der Waals surface area contributed by atoms with E-state index < -0.39 is 6.04 Å². The molecule has 2 rings (SSSR count). The average Bonchev–Trinajstić information content (AvgIpc) is 3.19. The molecule has 1 aromatic rings. The van der Waals surface area contributed by atoms with Gasteiger partial charge in [0.25, 0.3) is 5.91 Å². The summed E-state index contributed by atoms with van der Waals surface area (Å²) < 4.78 is 0.603. The van der Waals surface area contributed by atoms with Crippen LogP contribution in [0.2, 0.25) is 5.02 Å². The molecule has 102 valence electrons. The van der Waals surface area contributed by atoms with Gasteiger partial charge in [0.05, 0.1) is 11.6 Å². The van der Waals surface area contributed by atoms with Crippen LogP contribution in [0.5, 0.6) is 0 Å². The Labute approximate surface area is 123 Å². The van der Waals surface area contributed by atoms with E-state index in [4.69, 9.17) is 22.5 Å². The van der Waals surface area contributed by atoms with Crippen LogP contribution in [-0.4, -0.2) is 23.0 Å². The number of rotatable bonds is 4. The Morgan fingerprint density at radius 3 is 2.79 bits per heavy atom. The minimum Gasteiger partial charge on any atom is -0.409 e. The molecule has 4 N–H and O–H groups in total. The fraction of sp³-hybridized carbons (Fsp3) is 0.333. The lowest BCUT2D eigenvalue weighted by Crippen LogP contribution is -2.46. The van der Waals surface area contributed by atoms with Gasteiger partial charge in [-0.2, -0.15) is 0 Å². The van der Waals surface area contributed by atoms with Crippen LogP contribution in [0.1, 0.15) is 23.2 Å². The molecular weight excluding hydrogens is 334 g/mol. The van der Waals surface area contributed by atoms with Crippen LogP contribution >= 0.6 is 27.5 Å². The third kappa shape index (κ3) is 3.39. The van der Waals surface area contributed by atoms with Crippen LogP contribution in [-0.2, 0) is 0 Å². The molecule has 1 aliphatic carbocycles. The number of benzene rings is 1. The van der Waals surface area contributed by atoms with Gasteiger partial charge in [-0.1, -0.05) is 16.8 Å². The molecule has 1 saturated carbocycles. The molecule has 0 saturated heterocycles. The first-order valence-corrected chi connectivity index (χ1v) is 6.93. The maximum atomic E-state index is 12.2. The third-order valence-electron chi connectivity index (χ3n) is 2.99. The summed E-state index contributed by atoms with van der Waals surface area (Å²) in [6, 6.07) is 4.47. The van der Waals surface area contributed by atoms with Crippen LogP contribution in [0.3, 0.4) is 0 Å². The summed E-state index contributed by atoms with van der Waals surface area (Å²) in [5.41, 5.74) is 6.06. The summed E-state index contributed by atoms with van der Waals surface area (Å²) >= 11 is 9.12. The van der Waals surface area contributed by atoms with Crippen LogP contribution in [0, 0.1) is 5.92 Å². The lowest BCUT2D eigenvalue weighted by Gasteiger charge is -2.17. The summed E-state index contributed by atoms with van der Waals surface area (Å²) in [6.07, 6.45) is 1.92. The maximum absolute atomic E-state index is 12.2. The van der Waals surface area contributed by atoms with Gasteiger partial charge in [0.15, 0.2) is 5.84 Å². The van der Waals surface area contributed by atoms with E-state index in [0.717, 1.165) is 12.8 Å². The van der Waals surface area contributed by atoms with E-state index in [1.165, 1.54) is 0 Å². The zero-order valence-corrected chi connectivity index (χ0v) is 12.3. The number of carbonyl (C=O) groups is 1. The van der Waals surface area contributed by atoms with Crippen molar-refractivity contribution in [2.75, 3.05) is 0 Å². The quantitative estimate of drug-likeness (QED) is 0.338. The first-order valence-electron chi connectivity index (χ1n) is 5.76. The minimum atomic E-state index is -0.430. The number of halogens is 2. The molecule has 0 heterocycles. The van der Waals surface area contributed by atoms with Gasteiger partial charge in [0, 0.05) is 9.50 Å². The summed E-state index contributed by atoms with van der Waals surface area (Å²) in [5.74, 6) is -0.0149. The van der Waals surface area contributed by atoms with E-state index in [1.807, 2.05) is 0 Å². The highest BCUT2D eigenvalue weighted by Crippen LogP contribution is 2.33. The van der Waals surface area contributed by atoms with Gasteiger partial charge in [0.2, 0.25) is 0 Å². The fourth-order valence-electron chi connectivity index (χ4n) is 1.82. The molecule has 0 aliphatic heterocycles. The summed E-state index contributed by atoms with van der Waals surface area (Å²) in [6.45, 7) is 0. The van der Waals surface area contributed by atoms with E-state index in [1.54, 1.807) is 18.2 Å². The predicted molar refractivity (Wildman–Crippen MR) is 76.5 cm³/mol. The Kier molecular flexibility index (Phi) is 4.31. The first kappa shape index (κ1) is 14.1. The van der Waals surface area contributed by atoms with Crippen molar-refractivity contribution in [2.45, 2.75) is 18.9 Å². The second-order valence-corrected chi connectivity index (χ2v) is 5.73. The summed E-state index contributed by atoms with van der Waals surface area (Å²) in [4.78, 5) is 12.2. The molecule has 1 atom stereocenters. The number of amidine groups is 1. The second kappa shape index (κ2) is 5.79. The summed E-state index contributed by atoms with van der Waals surface area (Å²) in [7, 11) is 0. The molecule has 1 aromatic carbocycles. The zero-order chi connectivity index (χ0) is 14.0. The Morgan fingerprint density at radius 2 is 2.26 bits per heavy atom. The molecule has 1 aliphatic rings. The van der Waals surface area contributed by atoms with Gasteiger partial charge < -0.3 is 16.3 Å². The molecule has 1 unspecified atom stereocenters. The Bertz CT molecular complexity index is 532. The van der Waals surface area contributed by atoms with Crippen LogP contribution < -0.4 is 11.1 Å². The fourth-order valence-corrected chi connectivity index (χ4v) is 2.68. The topological polar surface area (TPSA) is 87.7 Å². The normalized spacial score (nSPS) is 17.1.